The molecule has 2 aromatic carbocycles. The summed E-state index contributed by atoms with van der Waals surface area (Å²) in [6.07, 6.45) is 0. The van der Waals surface area contributed by atoms with Crippen LogP contribution in [0.15, 0.2) is 54.6 Å². The van der Waals surface area contributed by atoms with Crippen molar-refractivity contribution < 1.29 is 4.79 Å². The van der Waals surface area contributed by atoms with Gasteiger partial charge in [-0.3, -0.25) is 4.79 Å². The van der Waals surface area contributed by atoms with Crippen LogP contribution in [0.2, 0.25) is 0 Å². The lowest BCUT2D eigenvalue weighted by Gasteiger charge is -2.14. The van der Waals surface area contributed by atoms with Gasteiger partial charge in [0.15, 0.2) is 0 Å². The van der Waals surface area contributed by atoms with E-state index < -0.39 is 0 Å². The molecule has 0 aliphatic carbocycles. The van der Waals surface area contributed by atoms with Gasteiger partial charge in [0, 0.05) is 16.9 Å². The third-order valence-electron chi connectivity index (χ3n) is 4.17. The van der Waals surface area contributed by atoms with E-state index in [4.69, 9.17) is 5.73 Å². The Morgan fingerprint density at radius 2 is 1.54 bits per heavy atom. The number of nitrogens with zero attached hydrogens (tertiary/aromatic N) is 2. The Morgan fingerprint density at radius 3 is 2.12 bits per heavy atom. The predicted octanol–water partition coefficient (Wildman–Crippen LogP) is 3.83. The topological polar surface area (TPSA) is 80.9 Å². The van der Waals surface area contributed by atoms with Crippen molar-refractivity contribution in [1.82, 2.24) is 15.3 Å². The fraction of sp³-hybridized carbons (Fsp3) is 0.190. The Balaban J connectivity index is 1.72. The summed E-state index contributed by atoms with van der Waals surface area (Å²) in [5.41, 5.74) is 10.9. The summed E-state index contributed by atoms with van der Waals surface area (Å²) in [7, 11) is 0. The molecule has 3 rings (SSSR count). The zero-order valence-corrected chi connectivity index (χ0v) is 15.2. The van der Waals surface area contributed by atoms with Gasteiger partial charge in [0.05, 0.1) is 11.7 Å². The quantitative estimate of drug-likeness (QED) is 0.704. The Morgan fingerprint density at radius 1 is 0.962 bits per heavy atom. The molecule has 0 fully saturated rings. The van der Waals surface area contributed by atoms with Gasteiger partial charge >= 0.3 is 0 Å². The standard InChI is InChI=1S/C21H22N4O/c1-13-12-20(25-15(3)23-13)14(2)24-21(26)18-6-4-16(5-7-18)17-8-10-19(22)11-9-17/h4-12,14H,22H2,1-3H3,(H,24,26). The molecule has 0 spiro atoms. The van der Waals surface area contributed by atoms with Crippen LogP contribution in [0.4, 0.5) is 5.69 Å². The number of benzene rings is 2. The summed E-state index contributed by atoms with van der Waals surface area (Å²) < 4.78 is 0. The van der Waals surface area contributed by atoms with E-state index in [0.717, 1.165) is 28.2 Å². The van der Waals surface area contributed by atoms with Crippen LogP contribution < -0.4 is 11.1 Å². The van der Waals surface area contributed by atoms with Crippen LogP contribution in [0, 0.1) is 13.8 Å². The second-order valence-electron chi connectivity index (χ2n) is 6.38. The van der Waals surface area contributed by atoms with Gasteiger partial charge in [-0.2, -0.15) is 0 Å². The Kier molecular flexibility index (Phi) is 4.98. The highest BCUT2D eigenvalue weighted by Crippen LogP contribution is 2.21. The lowest BCUT2D eigenvalue weighted by atomic mass is 10.0. The van der Waals surface area contributed by atoms with E-state index in [1.165, 1.54) is 0 Å². The van der Waals surface area contributed by atoms with Crippen molar-refractivity contribution in [1.29, 1.82) is 0 Å². The van der Waals surface area contributed by atoms with Crippen molar-refractivity contribution in [3.63, 3.8) is 0 Å². The monoisotopic (exact) mass is 346 g/mol. The molecule has 132 valence electrons. The van der Waals surface area contributed by atoms with Crippen molar-refractivity contribution >= 4 is 11.6 Å². The molecule has 0 saturated heterocycles. The van der Waals surface area contributed by atoms with Crippen LogP contribution in [-0.2, 0) is 0 Å². The number of carbonyl (C=O) groups excluding carboxylic acids is 1. The first-order chi connectivity index (χ1) is 12.4. The first-order valence-electron chi connectivity index (χ1n) is 8.51. The van der Waals surface area contributed by atoms with Gasteiger partial charge in [0.25, 0.3) is 5.91 Å². The second-order valence-corrected chi connectivity index (χ2v) is 6.38. The molecule has 1 unspecified atom stereocenters. The molecule has 3 aromatic rings. The van der Waals surface area contributed by atoms with Crippen LogP contribution in [-0.4, -0.2) is 15.9 Å². The minimum absolute atomic E-state index is 0.129. The first kappa shape index (κ1) is 17.6. The van der Waals surface area contributed by atoms with E-state index in [9.17, 15) is 4.79 Å². The van der Waals surface area contributed by atoms with Crippen LogP contribution in [0.1, 0.15) is 40.5 Å². The van der Waals surface area contributed by atoms with Crippen molar-refractivity contribution in [3.05, 3.63) is 77.4 Å². The molecule has 1 amide bonds. The summed E-state index contributed by atoms with van der Waals surface area (Å²) in [6.45, 7) is 5.69. The molecular weight excluding hydrogens is 324 g/mol. The molecule has 0 radical (unpaired) electrons. The van der Waals surface area contributed by atoms with E-state index >= 15 is 0 Å². The molecule has 5 heteroatoms. The predicted molar refractivity (Wildman–Crippen MR) is 104 cm³/mol. The Hall–Kier alpha value is -3.21. The highest BCUT2D eigenvalue weighted by molar-refractivity contribution is 5.94. The molecule has 1 aromatic heterocycles. The van der Waals surface area contributed by atoms with Crippen molar-refractivity contribution in [3.8, 4) is 11.1 Å². The number of rotatable bonds is 4. The maximum Gasteiger partial charge on any atom is 0.251 e. The van der Waals surface area contributed by atoms with Gasteiger partial charge in [0.2, 0.25) is 0 Å². The number of anilines is 1. The van der Waals surface area contributed by atoms with Gasteiger partial charge in [-0.05, 0) is 62.2 Å². The normalized spacial score (nSPS) is 11.8. The number of nitrogens with two attached hydrogens (primary N) is 1. The largest absolute Gasteiger partial charge is 0.399 e. The lowest BCUT2D eigenvalue weighted by Crippen LogP contribution is -2.27. The number of nitrogens with one attached hydrogen (secondary N) is 1. The van der Waals surface area contributed by atoms with Crippen LogP contribution >= 0.6 is 0 Å². The maximum absolute atomic E-state index is 12.5. The number of nitrogen functional groups attached to an aromatic ring is 1. The second kappa shape index (κ2) is 7.35. The molecular formula is C21H22N4O. The van der Waals surface area contributed by atoms with Crippen LogP contribution in [0.3, 0.4) is 0 Å². The average Bonchev–Trinajstić information content (AvgIpc) is 2.61. The van der Waals surface area contributed by atoms with Crippen molar-refractivity contribution in [2.24, 2.45) is 0 Å². The smallest absolute Gasteiger partial charge is 0.251 e. The summed E-state index contributed by atoms with van der Waals surface area (Å²) in [5.74, 6) is 0.573. The maximum atomic E-state index is 12.5. The molecule has 0 aliphatic heterocycles. The van der Waals surface area contributed by atoms with Crippen LogP contribution in [0.5, 0.6) is 0 Å². The average molecular weight is 346 g/mol. The van der Waals surface area contributed by atoms with Crippen LogP contribution in [0.25, 0.3) is 11.1 Å². The van der Waals surface area contributed by atoms with Gasteiger partial charge in [-0.25, -0.2) is 9.97 Å². The Bertz CT molecular complexity index is 897. The molecule has 3 N–H and O–H groups in total. The molecule has 0 bridgehead atoms. The number of aryl methyl sites for hydroxylation is 2. The summed E-state index contributed by atoms with van der Waals surface area (Å²) in [4.78, 5) is 21.2. The van der Waals surface area contributed by atoms with E-state index in [2.05, 4.69) is 15.3 Å². The fourth-order valence-electron chi connectivity index (χ4n) is 2.81. The minimum Gasteiger partial charge on any atom is -0.399 e. The number of hydrogen-bond acceptors (Lipinski definition) is 4. The fourth-order valence-corrected chi connectivity index (χ4v) is 2.81. The number of amides is 1. The summed E-state index contributed by atoms with van der Waals surface area (Å²) in [5, 5.41) is 2.99. The van der Waals surface area contributed by atoms with Gasteiger partial charge < -0.3 is 11.1 Å². The number of aromatic nitrogens is 2. The third kappa shape index (κ3) is 4.06. The zero-order valence-electron chi connectivity index (χ0n) is 15.2. The van der Waals surface area contributed by atoms with Gasteiger partial charge in [0.1, 0.15) is 5.82 Å². The van der Waals surface area contributed by atoms with Crippen molar-refractivity contribution in [2.45, 2.75) is 26.8 Å². The SMILES string of the molecule is Cc1cc(C(C)NC(=O)c2ccc(-c3ccc(N)cc3)cc2)nc(C)n1. The first-order valence-corrected chi connectivity index (χ1v) is 8.51. The minimum atomic E-state index is -0.195. The van der Waals surface area contributed by atoms with Gasteiger partial charge in [-0.1, -0.05) is 24.3 Å². The molecule has 0 aliphatic rings. The molecule has 1 heterocycles. The Labute approximate surface area is 153 Å². The zero-order chi connectivity index (χ0) is 18.7. The lowest BCUT2D eigenvalue weighted by molar-refractivity contribution is 0.0939. The van der Waals surface area contributed by atoms with E-state index in [-0.39, 0.29) is 11.9 Å². The molecule has 1 atom stereocenters. The molecule has 5 nitrogen and oxygen atoms in total. The van der Waals surface area contributed by atoms with E-state index in [1.807, 2.05) is 75.4 Å². The molecule has 0 saturated carbocycles. The summed E-state index contributed by atoms with van der Waals surface area (Å²) >= 11 is 0. The highest BCUT2D eigenvalue weighted by Gasteiger charge is 2.13. The number of hydrogen-bond donors (Lipinski definition) is 2. The molecule has 26 heavy (non-hydrogen) atoms. The van der Waals surface area contributed by atoms with E-state index in [0.29, 0.717) is 11.4 Å². The third-order valence-corrected chi connectivity index (χ3v) is 4.17. The van der Waals surface area contributed by atoms with Crippen molar-refractivity contribution in [2.75, 3.05) is 5.73 Å². The summed E-state index contributed by atoms with van der Waals surface area (Å²) in [6, 6.07) is 16.9. The number of carbonyl (C=O) groups is 1. The van der Waals surface area contributed by atoms with E-state index in [1.54, 1.807) is 0 Å². The van der Waals surface area contributed by atoms with Gasteiger partial charge in [-0.15, -0.1) is 0 Å². The highest BCUT2D eigenvalue weighted by atomic mass is 16.1.